The van der Waals surface area contributed by atoms with E-state index >= 15 is 0 Å². The second-order valence-electron chi connectivity index (χ2n) is 7.88. The summed E-state index contributed by atoms with van der Waals surface area (Å²) in [5.41, 5.74) is 2.67. The van der Waals surface area contributed by atoms with Crippen molar-refractivity contribution in [3.63, 3.8) is 0 Å². The van der Waals surface area contributed by atoms with E-state index in [0.29, 0.717) is 0 Å². The van der Waals surface area contributed by atoms with E-state index in [2.05, 4.69) is 4.98 Å². The molecule has 4 rings (SSSR count). The van der Waals surface area contributed by atoms with E-state index in [1.807, 2.05) is 37.4 Å². The number of aromatic amines is 1. The first-order chi connectivity index (χ1) is 14.1. The number of piperazine rings is 1. The van der Waals surface area contributed by atoms with E-state index in [0.717, 1.165) is 60.5 Å². The zero-order valence-corrected chi connectivity index (χ0v) is 16.9. The molecule has 6 heteroatoms. The van der Waals surface area contributed by atoms with Crippen molar-refractivity contribution in [2.24, 2.45) is 0 Å². The number of aromatic nitrogens is 1. The van der Waals surface area contributed by atoms with Crippen molar-refractivity contribution in [1.82, 2.24) is 4.98 Å². The molecule has 0 unspecified atom stereocenters. The first-order valence-corrected chi connectivity index (χ1v) is 10.2. The van der Waals surface area contributed by atoms with Gasteiger partial charge in [0.1, 0.15) is 50.3 Å². The number of Topliss-reactive ketones (excluding diaryl/α,β-unsaturated/α-hetero) is 1. The lowest BCUT2D eigenvalue weighted by atomic mass is 10.0. The van der Waals surface area contributed by atoms with Crippen LogP contribution in [0.4, 0.5) is 4.39 Å². The van der Waals surface area contributed by atoms with Gasteiger partial charge in [0.2, 0.25) is 5.78 Å². The monoisotopic (exact) mass is 397 g/mol. The molecule has 0 spiro atoms. The van der Waals surface area contributed by atoms with Gasteiger partial charge in [-0.05, 0) is 31.2 Å². The van der Waals surface area contributed by atoms with E-state index in [9.17, 15) is 9.18 Å². The molecular weight excluding hydrogens is 369 g/mol. The summed E-state index contributed by atoms with van der Waals surface area (Å²) in [6.07, 6.45) is 1.83. The number of rotatable bonds is 6. The van der Waals surface area contributed by atoms with Crippen molar-refractivity contribution in [2.75, 3.05) is 33.3 Å². The highest BCUT2D eigenvalue weighted by atomic mass is 19.1. The summed E-state index contributed by atoms with van der Waals surface area (Å²) in [4.78, 5) is 19.0. The average molecular weight is 397 g/mol. The number of carbonyl (C=O) groups excluding carboxylic acids is 1. The molecule has 1 saturated heterocycles. The van der Waals surface area contributed by atoms with Crippen LogP contribution >= 0.6 is 0 Å². The lowest BCUT2D eigenvalue weighted by molar-refractivity contribution is -1.02. The van der Waals surface area contributed by atoms with Crippen molar-refractivity contribution in [2.45, 2.75) is 19.5 Å². The van der Waals surface area contributed by atoms with Crippen LogP contribution in [0.1, 0.15) is 22.8 Å². The molecule has 0 radical (unpaired) electrons. The second kappa shape index (κ2) is 8.35. The zero-order chi connectivity index (χ0) is 20.4. The smallest absolute Gasteiger partial charge is 0.221 e. The molecule has 1 fully saturated rings. The predicted octanol–water partition coefficient (Wildman–Crippen LogP) is 0.870. The summed E-state index contributed by atoms with van der Waals surface area (Å²) in [6, 6.07) is 12.5. The summed E-state index contributed by atoms with van der Waals surface area (Å²) in [5.74, 6) is 0.687. The molecule has 2 heterocycles. The highest BCUT2D eigenvalue weighted by molar-refractivity contribution is 6.09. The quantitative estimate of drug-likeness (QED) is 0.541. The molecule has 0 aliphatic carbocycles. The third-order valence-corrected chi connectivity index (χ3v) is 6.14. The standard InChI is InChI=1S/C23H26FN3O2/c1-16(23(28)20-14-25-21-6-4-3-5-19(20)21)27-11-9-26(10-12-27)15-17-13-18(24)7-8-22(17)29-2/h3-8,13-14,16,25H,9-12,15H2,1-2H3/p+2/t16-/m1/s1. The molecule has 152 valence electrons. The van der Waals surface area contributed by atoms with Gasteiger partial charge in [-0.25, -0.2) is 4.39 Å². The molecule has 1 atom stereocenters. The number of halogens is 1. The van der Waals surface area contributed by atoms with Gasteiger partial charge in [-0.3, -0.25) is 4.79 Å². The number of hydrogen-bond acceptors (Lipinski definition) is 2. The van der Waals surface area contributed by atoms with Gasteiger partial charge in [-0.15, -0.1) is 0 Å². The summed E-state index contributed by atoms with van der Waals surface area (Å²) in [5, 5.41) is 0.992. The number of fused-ring (bicyclic) bond motifs is 1. The summed E-state index contributed by atoms with van der Waals surface area (Å²) in [7, 11) is 1.62. The first kappa shape index (κ1) is 19.6. The van der Waals surface area contributed by atoms with Crippen LogP contribution in [0.2, 0.25) is 0 Å². The number of H-pyrrole nitrogens is 1. The van der Waals surface area contributed by atoms with Gasteiger partial charge in [0.25, 0.3) is 0 Å². The van der Waals surface area contributed by atoms with Gasteiger partial charge in [0.05, 0.1) is 12.7 Å². The van der Waals surface area contributed by atoms with E-state index in [1.165, 1.54) is 15.9 Å². The van der Waals surface area contributed by atoms with Gasteiger partial charge in [-0.2, -0.15) is 0 Å². The minimum absolute atomic E-state index is 0.0838. The molecule has 3 N–H and O–H groups in total. The predicted molar refractivity (Wildman–Crippen MR) is 110 cm³/mol. The highest BCUT2D eigenvalue weighted by Gasteiger charge is 2.32. The molecule has 1 aliphatic heterocycles. The van der Waals surface area contributed by atoms with E-state index in [1.54, 1.807) is 19.2 Å². The number of hydrogen-bond donors (Lipinski definition) is 3. The summed E-state index contributed by atoms with van der Waals surface area (Å²) in [6.45, 7) is 6.49. The fourth-order valence-corrected chi connectivity index (χ4v) is 4.38. The van der Waals surface area contributed by atoms with Gasteiger partial charge in [-0.1, -0.05) is 18.2 Å². The first-order valence-electron chi connectivity index (χ1n) is 10.2. The second-order valence-corrected chi connectivity index (χ2v) is 7.88. The SMILES string of the molecule is COc1ccc(F)cc1C[NH+]1CC[NH+]([C@H](C)C(=O)c2c[nH]c3ccccc23)CC1. The normalized spacial score (nSPS) is 20.5. The van der Waals surface area contributed by atoms with Crippen LogP contribution in [-0.2, 0) is 6.54 Å². The fraction of sp³-hybridized carbons (Fsp3) is 0.348. The molecule has 3 aromatic rings. The van der Waals surface area contributed by atoms with Crippen LogP contribution in [0, 0.1) is 5.82 Å². The molecule has 0 bridgehead atoms. The number of para-hydroxylation sites is 1. The van der Waals surface area contributed by atoms with Crippen molar-refractivity contribution in [3.05, 3.63) is 65.6 Å². The maximum atomic E-state index is 13.6. The third kappa shape index (κ3) is 4.04. The number of quaternary nitrogens is 2. The van der Waals surface area contributed by atoms with Crippen LogP contribution in [0.5, 0.6) is 5.75 Å². The minimum atomic E-state index is -0.234. The Bertz CT molecular complexity index is 1010. The number of carbonyl (C=O) groups is 1. The minimum Gasteiger partial charge on any atom is -0.496 e. The van der Waals surface area contributed by atoms with Gasteiger partial charge < -0.3 is 19.5 Å². The van der Waals surface area contributed by atoms with Crippen LogP contribution in [0.3, 0.4) is 0 Å². The van der Waals surface area contributed by atoms with Crippen molar-refractivity contribution in [1.29, 1.82) is 0 Å². The summed E-state index contributed by atoms with van der Waals surface area (Å²) >= 11 is 0. The number of ketones is 1. The highest BCUT2D eigenvalue weighted by Crippen LogP contribution is 2.19. The van der Waals surface area contributed by atoms with Crippen LogP contribution < -0.4 is 14.5 Å². The lowest BCUT2D eigenvalue weighted by Crippen LogP contribution is -3.29. The maximum absolute atomic E-state index is 13.6. The van der Waals surface area contributed by atoms with Crippen LogP contribution in [0.15, 0.2) is 48.7 Å². The van der Waals surface area contributed by atoms with E-state index in [-0.39, 0.29) is 17.6 Å². The molecule has 29 heavy (non-hydrogen) atoms. The Morgan fingerprint density at radius 2 is 1.93 bits per heavy atom. The lowest BCUT2D eigenvalue weighted by Gasteiger charge is -2.32. The number of ether oxygens (including phenoxy) is 1. The number of methoxy groups -OCH3 is 1. The maximum Gasteiger partial charge on any atom is 0.221 e. The third-order valence-electron chi connectivity index (χ3n) is 6.14. The number of benzene rings is 2. The van der Waals surface area contributed by atoms with Gasteiger partial charge in [0.15, 0.2) is 0 Å². The zero-order valence-electron chi connectivity index (χ0n) is 16.9. The largest absolute Gasteiger partial charge is 0.496 e. The molecule has 5 nitrogen and oxygen atoms in total. The van der Waals surface area contributed by atoms with E-state index < -0.39 is 0 Å². The Morgan fingerprint density at radius 1 is 1.17 bits per heavy atom. The summed E-state index contributed by atoms with van der Waals surface area (Å²) < 4.78 is 19.0. The van der Waals surface area contributed by atoms with Crippen LogP contribution in [0.25, 0.3) is 10.9 Å². The topological polar surface area (TPSA) is 51.0 Å². The van der Waals surface area contributed by atoms with Crippen LogP contribution in [-0.4, -0.2) is 50.1 Å². The molecule has 1 aliphatic rings. The van der Waals surface area contributed by atoms with Crippen molar-refractivity contribution < 1.29 is 23.7 Å². The Balaban J connectivity index is 1.39. The molecular formula is C23H28FN3O2+2. The Kier molecular flexibility index (Phi) is 5.65. The molecule has 1 aromatic heterocycles. The molecule has 0 saturated carbocycles. The van der Waals surface area contributed by atoms with Crippen molar-refractivity contribution >= 4 is 16.7 Å². The molecule has 2 aromatic carbocycles. The molecule has 0 amide bonds. The fourth-order valence-electron chi connectivity index (χ4n) is 4.38. The number of nitrogens with one attached hydrogen (secondary N) is 3. The van der Waals surface area contributed by atoms with Gasteiger partial charge in [0, 0.05) is 22.7 Å². The average Bonchev–Trinajstić information content (AvgIpc) is 3.17. The van der Waals surface area contributed by atoms with Gasteiger partial charge >= 0.3 is 0 Å². The van der Waals surface area contributed by atoms with E-state index in [4.69, 9.17) is 4.74 Å². The Hall–Kier alpha value is -2.70. The van der Waals surface area contributed by atoms with Crippen molar-refractivity contribution in [3.8, 4) is 5.75 Å². The Labute approximate surface area is 170 Å². The Morgan fingerprint density at radius 3 is 2.69 bits per heavy atom.